The lowest BCUT2D eigenvalue weighted by Gasteiger charge is -2.58. The summed E-state index contributed by atoms with van der Waals surface area (Å²) in [5, 5.41) is 3.59. The van der Waals surface area contributed by atoms with E-state index in [1.165, 1.54) is 24.0 Å². The van der Waals surface area contributed by atoms with Crippen LogP contribution in [0.4, 0.5) is 21.9 Å². The van der Waals surface area contributed by atoms with Crippen LogP contribution in [0.25, 0.3) is 0 Å². The number of nitrogens with one attached hydrogen (secondary N) is 1. The molecule has 0 radical (unpaired) electrons. The fraction of sp³-hybridized carbons (Fsp3) is 0.441. The maximum absolute atomic E-state index is 13.5. The first-order chi connectivity index (χ1) is 20.0. The number of carbonyl (C=O) groups is 1. The summed E-state index contributed by atoms with van der Waals surface area (Å²) in [7, 11) is 0. The Kier molecular flexibility index (Phi) is 8.16. The summed E-state index contributed by atoms with van der Waals surface area (Å²) in [5.41, 5.74) is 12.5. The smallest absolute Gasteiger partial charge is 0.410 e. The predicted molar refractivity (Wildman–Crippen MR) is 168 cm³/mol. The fourth-order valence-electron chi connectivity index (χ4n) is 7.41. The first-order valence-corrected chi connectivity index (χ1v) is 15.9. The summed E-state index contributed by atoms with van der Waals surface area (Å²) in [6, 6.07) is 20.2. The Morgan fingerprint density at radius 3 is 2.73 bits per heavy atom. The number of hydrogen-bond donors (Lipinski definition) is 2. The quantitative estimate of drug-likeness (QED) is 0.196. The summed E-state index contributed by atoms with van der Waals surface area (Å²) in [6.45, 7) is 3.86. The molecule has 3 N–H and O–H groups in total. The molecule has 0 unspecified atom stereocenters. The Balaban J connectivity index is 1.37. The number of ether oxygens (including phenoxy) is 2. The molecule has 0 spiro atoms. The van der Waals surface area contributed by atoms with Gasteiger partial charge in [0.25, 0.3) is 0 Å². The molecule has 6 rings (SSSR count). The molecule has 1 amide bonds. The predicted octanol–water partition coefficient (Wildman–Crippen LogP) is 8.35. The molecule has 1 saturated heterocycles. The van der Waals surface area contributed by atoms with Crippen molar-refractivity contribution in [1.29, 1.82) is 0 Å². The van der Waals surface area contributed by atoms with Crippen LogP contribution < -0.4 is 15.8 Å². The number of para-hydroxylation sites is 2. The molecule has 6 nitrogen and oxygen atoms in total. The molecule has 7 heteroatoms. The lowest BCUT2D eigenvalue weighted by Crippen LogP contribution is -2.62. The van der Waals surface area contributed by atoms with Crippen LogP contribution in [0.1, 0.15) is 68.6 Å². The highest BCUT2D eigenvalue weighted by molar-refractivity contribution is 9.10. The highest BCUT2D eigenvalue weighted by Gasteiger charge is 2.56. The second-order valence-electron chi connectivity index (χ2n) is 11.8. The van der Waals surface area contributed by atoms with Gasteiger partial charge in [-0.25, -0.2) is 4.79 Å². The van der Waals surface area contributed by atoms with Gasteiger partial charge in [0.1, 0.15) is 12.4 Å². The van der Waals surface area contributed by atoms with Crippen LogP contribution in [-0.4, -0.2) is 30.2 Å². The summed E-state index contributed by atoms with van der Waals surface area (Å²) in [5.74, 6) is 1.29. The summed E-state index contributed by atoms with van der Waals surface area (Å²) < 4.78 is 13.4. The number of likely N-dealkylation sites (tertiary alicyclic amines) is 1. The number of halogens is 1. The van der Waals surface area contributed by atoms with Gasteiger partial charge in [-0.1, -0.05) is 68.7 Å². The molecule has 3 aromatic carbocycles. The van der Waals surface area contributed by atoms with Crippen molar-refractivity contribution in [3.05, 3.63) is 81.8 Å². The third-order valence-corrected chi connectivity index (χ3v) is 10.3. The summed E-state index contributed by atoms with van der Waals surface area (Å²) in [6.07, 6.45) is 8.31. The van der Waals surface area contributed by atoms with Gasteiger partial charge in [0.15, 0.2) is 0 Å². The fourth-order valence-corrected chi connectivity index (χ4v) is 8.08. The first-order valence-electron chi connectivity index (χ1n) is 15.1. The number of nitrogens with two attached hydrogens (primary N) is 1. The van der Waals surface area contributed by atoms with Crippen LogP contribution in [0.3, 0.4) is 0 Å². The van der Waals surface area contributed by atoms with Crippen molar-refractivity contribution < 1.29 is 14.3 Å². The average molecular weight is 619 g/mol. The minimum atomic E-state index is -0.201. The molecule has 2 fully saturated rings. The normalized spacial score (nSPS) is 22.8. The molecule has 2 bridgehead atoms. The standard InChI is InChI=1S/C34H40BrN3O3/c1-2-3-19-40-30-21-26-24(31(35)32(30)37-28-15-8-7-14-27(28)36)20-29-25-13-9-10-16-34(25,26)17-18-38(29)33(39)41-22-23-11-5-4-6-12-23/h4-8,11-12,14-15,21,25,29,37H,2-3,9-10,13,16-20,22,36H2,1H3/t25-,29+,34+/m1/s1. The van der Waals surface area contributed by atoms with Gasteiger partial charge in [0.05, 0.1) is 23.7 Å². The molecular weight excluding hydrogens is 578 g/mol. The van der Waals surface area contributed by atoms with Crippen LogP contribution in [0.15, 0.2) is 65.1 Å². The van der Waals surface area contributed by atoms with Crippen LogP contribution >= 0.6 is 15.9 Å². The minimum Gasteiger partial charge on any atom is -0.491 e. The molecular formula is C34H40BrN3O3. The van der Waals surface area contributed by atoms with Crippen molar-refractivity contribution in [2.75, 3.05) is 24.2 Å². The maximum Gasteiger partial charge on any atom is 0.410 e. The van der Waals surface area contributed by atoms with E-state index in [-0.39, 0.29) is 17.6 Å². The van der Waals surface area contributed by atoms with Crippen LogP contribution in [-0.2, 0) is 23.2 Å². The number of unbranched alkanes of at least 4 members (excludes halogenated alkanes) is 1. The van der Waals surface area contributed by atoms with E-state index in [2.05, 4.69) is 34.2 Å². The van der Waals surface area contributed by atoms with Gasteiger partial charge >= 0.3 is 6.09 Å². The van der Waals surface area contributed by atoms with E-state index in [9.17, 15) is 4.79 Å². The number of fused-ring (bicyclic) bond motifs is 1. The van der Waals surface area contributed by atoms with E-state index in [0.29, 0.717) is 24.8 Å². The number of carbonyl (C=O) groups excluding carboxylic acids is 1. The average Bonchev–Trinajstić information content (AvgIpc) is 3.00. The second-order valence-corrected chi connectivity index (χ2v) is 12.6. The maximum atomic E-state index is 13.5. The van der Waals surface area contributed by atoms with Crippen molar-refractivity contribution >= 4 is 39.1 Å². The lowest BCUT2D eigenvalue weighted by atomic mass is 9.52. The number of nitrogen functional groups attached to an aromatic ring is 1. The molecule has 3 aromatic rings. The van der Waals surface area contributed by atoms with Crippen LogP contribution in [0.2, 0.25) is 0 Å². The van der Waals surface area contributed by atoms with Crippen LogP contribution in [0.5, 0.6) is 5.75 Å². The van der Waals surface area contributed by atoms with Crippen molar-refractivity contribution in [2.45, 2.75) is 76.4 Å². The zero-order chi connectivity index (χ0) is 28.4. The highest BCUT2D eigenvalue weighted by Crippen LogP contribution is 2.59. The topological polar surface area (TPSA) is 76.8 Å². The van der Waals surface area contributed by atoms with Gasteiger partial charge in [-0.05, 0) is 88.8 Å². The van der Waals surface area contributed by atoms with Gasteiger partial charge in [0, 0.05) is 22.5 Å². The third kappa shape index (κ3) is 5.29. The largest absolute Gasteiger partial charge is 0.491 e. The van der Waals surface area contributed by atoms with E-state index >= 15 is 0 Å². The Morgan fingerprint density at radius 1 is 1.12 bits per heavy atom. The molecule has 1 saturated carbocycles. The zero-order valence-corrected chi connectivity index (χ0v) is 25.4. The third-order valence-electron chi connectivity index (χ3n) is 9.46. The Labute approximate surface area is 251 Å². The van der Waals surface area contributed by atoms with E-state index in [0.717, 1.165) is 72.2 Å². The molecule has 0 aromatic heterocycles. The van der Waals surface area contributed by atoms with Crippen LogP contribution in [0, 0.1) is 5.92 Å². The van der Waals surface area contributed by atoms with Gasteiger partial charge in [-0.15, -0.1) is 0 Å². The van der Waals surface area contributed by atoms with Gasteiger partial charge in [0.2, 0.25) is 0 Å². The lowest BCUT2D eigenvalue weighted by molar-refractivity contribution is -0.0138. The van der Waals surface area contributed by atoms with E-state index < -0.39 is 0 Å². The Morgan fingerprint density at radius 2 is 1.93 bits per heavy atom. The molecule has 216 valence electrons. The number of hydrogen-bond acceptors (Lipinski definition) is 5. The number of piperidine rings is 1. The van der Waals surface area contributed by atoms with E-state index in [1.807, 2.05) is 59.5 Å². The van der Waals surface area contributed by atoms with Gasteiger partial charge < -0.3 is 25.4 Å². The number of nitrogens with zero attached hydrogens (tertiary/aromatic N) is 1. The van der Waals surface area contributed by atoms with Crippen molar-refractivity contribution in [3.8, 4) is 5.75 Å². The summed E-state index contributed by atoms with van der Waals surface area (Å²) in [4.78, 5) is 15.6. The summed E-state index contributed by atoms with van der Waals surface area (Å²) >= 11 is 4.03. The minimum absolute atomic E-state index is 0.0440. The Bertz CT molecular complexity index is 1400. The molecule has 3 atom stereocenters. The molecule has 41 heavy (non-hydrogen) atoms. The van der Waals surface area contributed by atoms with Crippen molar-refractivity contribution in [1.82, 2.24) is 4.90 Å². The first kappa shape index (κ1) is 28.0. The number of anilines is 3. The SMILES string of the molecule is CCCCOc1cc2c(c(Br)c1Nc1ccccc1N)C[C@H]1[C@H]3CCCC[C@@]23CCN1C(=O)OCc1ccccc1. The number of rotatable bonds is 8. The van der Waals surface area contributed by atoms with Gasteiger partial charge in [-0.2, -0.15) is 0 Å². The monoisotopic (exact) mass is 617 g/mol. The van der Waals surface area contributed by atoms with Crippen molar-refractivity contribution in [2.24, 2.45) is 5.92 Å². The highest BCUT2D eigenvalue weighted by atomic mass is 79.9. The molecule has 1 aliphatic heterocycles. The van der Waals surface area contributed by atoms with E-state index in [4.69, 9.17) is 15.2 Å². The number of amides is 1. The molecule has 2 aliphatic carbocycles. The molecule has 3 aliphatic rings. The van der Waals surface area contributed by atoms with Gasteiger partial charge in [-0.3, -0.25) is 0 Å². The van der Waals surface area contributed by atoms with E-state index in [1.54, 1.807) is 0 Å². The number of benzene rings is 3. The molecule has 1 heterocycles. The zero-order valence-electron chi connectivity index (χ0n) is 23.8. The Hall–Kier alpha value is -3.19. The second kappa shape index (κ2) is 12.0. The van der Waals surface area contributed by atoms with Crippen molar-refractivity contribution in [3.63, 3.8) is 0 Å².